The zero-order valence-electron chi connectivity index (χ0n) is 22.3. The molecule has 0 saturated carbocycles. The molecular weight excluding hydrogens is 444 g/mol. The van der Waals surface area contributed by atoms with Crippen molar-refractivity contribution in [2.45, 2.75) is 84.8 Å². The molecule has 0 unspecified atom stereocenters. The third-order valence-electron chi connectivity index (χ3n) is 6.30. The van der Waals surface area contributed by atoms with Crippen molar-refractivity contribution in [3.8, 4) is 0 Å². The number of hydrogen-bond donors (Lipinski definition) is 1. The van der Waals surface area contributed by atoms with Crippen molar-refractivity contribution in [2.75, 3.05) is 31.1 Å². The van der Waals surface area contributed by atoms with Gasteiger partial charge in [0.05, 0.1) is 5.39 Å². The number of hydrogen-bond acceptors (Lipinski definition) is 6. The molecule has 0 spiro atoms. The normalized spacial score (nSPS) is 17.4. The lowest BCUT2D eigenvalue weighted by Crippen LogP contribution is -2.47. The molecule has 2 fully saturated rings. The average molecular weight is 487 g/mol. The molecular formula is C26H42N6O3. The molecule has 2 aliphatic heterocycles. The zero-order valence-corrected chi connectivity index (χ0v) is 22.3. The maximum atomic E-state index is 13.0. The molecule has 0 radical (unpaired) electrons. The van der Waals surface area contributed by atoms with Crippen LogP contribution in [0.3, 0.4) is 0 Å². The van der Waals surface area contributed by atoms with Crippen LogP contribution in [0.15, 0.2) is 12.1 Å². The standard InChI is InChI=1S/C24H36N6O3.C2H6/c1-24(2,3)33-23(32)30-15-11-17(12-16-30)25-22(31)20-18-9-10-19(26-21(18)28(4)27-20)29-13-7-5-6-8-14-29;1-2/h9-10,17H,5-8,11-16H2,1-4H3,(H,25,31);1-2H3. The zero-order chi connectivity index (χ0) is 25.6. The Balaban J connectivity index is 0.00000167. The maximum absolute atomic E-state index is 13.0. The van der Waals surface area contributed by atoms with Crippen LogP contribution in [0.1, 0.15) is 83.6 Å². The van der Waals surface area contributed by atoms with Gasteiger partial charge in [-0.15, -0.1) is 0 Å². The van der Waals surface area contributed by atoms with Gasteiger partial charge in [0, 0.05) is 39.3 Å². The number of amides is 2. The highest BCUT2D eigenvalue weighted by Gasteiger charge is 2.28. The second-order valence-corrected chi connectivity index (χ2v) is 10.1. The number of anilines is 1. The van der Waals surface area contributed by atoms with Crippen LogP contribution in [0.2, 0.25) is 0 Å². The fourth-order valence-corrected chi connectivity index (χ4v) is 4.55. The summed E-state index contributed by atoms with van der Waals surface area (Å²) in [5.41, 5.74) is 0.613. The van der Waals surface area contributed by atoms with Crippen molar-refractivity contribution < 1.29 is 14.3 Å². The second-order valence-electron chi connectivity index (χ2n) is 10.1. The Morgan fingerprint density at radius 1 is 1.00 bits per heavy atom. The monoisotopic (exact) mass is 486 g/mol. The van der Waals surface area contributed by atoms with Gasteiger partial charge in [-0.1, -0.05) is 26.7 Å². The van der Waals surface area contributed by atoms with Gasteiger partial charge in [-0.25, -0.2) is 14.5 Å². The Kier molecular flexibility index (Phi) is 8.97. The minimum Gasteiger partial charge on any atom is -0.444 e. The number of aromatic nitrogens is 3. The molecule has 194 valence electrons. The summed E-state index contributed by atoms with van der Waals surface area (Å²) in [5, 5.41) is 8.35. The summed E-state index contributed by atoms with van der Waals surface area (Å²) < 4.78 is 7.14. The molecule has 2 aromatic heterocycles. The quantitative estimate of drug-likeness (QED) is 0.687. The lowest BCUT2D eigenvalue weighted by molar-refractivity contribution is 0.0199. The van der Waals surface area contributed by atoms with Crippen molar-refractivity contribution in [1.82, 2.24) is 25.0 Å². The second kappa shape index (κ2) is 11.7. The van der Waals surface area contributed by atoms with Crippen molar-refractivity contribution in [1.29, 1.82) is 0 Å². The third kappa shape index (κ3) is 6.86. The van der Waals surface area contributed by atoms with Crippen LogP contribution in [0.5, 0.6) is 0 Å². The molecule has 4 heterocycles. The molecule has 2 aromatic rings. The molecule has 2 aliphatic rings. The Bertz CT molecular complexity index is 996. The number of carbonyl (C=O) groups is 2. The van der Waals surface area contributed by atoms with Gasteiger partial charge in [0.2, 0.25) is 0 Å². The van der Waals surface area contributed by atoms with Gasteiger partial charge in [-0.2, -0.15) is 5.10 Å². The van der Waals surface area contributed by atoms with E-state index in [0.717, 1.165) is 29.9 Å². The number of likely N-dealkylation sites (tertiary alicyclic amines) is 1. The van der Waals surface area contributed by atoms with E-state index in [1.54, 1.807) is 9.58 Å². The largest absolute Gasteiger partial charge is 0.444 e. The van der Waals surface area contributed by atoms with Crippen LogP contribution in [0.4, 0.5) is 10.6 Å². The van der Waals surface area contributed by atoms with E-state index < -0.39 is 5.60 Å². The number of rotatable bonds is 3. The van der Waals surface area contributed by atoms with E-state index in [4.69, 9.17) is 9.72 Å². The van der Waals surface area contributed by atoms with Gasteiger partial charge < -0.3 is 19.9 Å². The van der Waals surface area contributed by atoms with E-state index in [-0.39, 0.29) is 18.0 Å². The number of nitrogens with zero attached hydrogens (tertiary/aromatic N) is 5. The van der Waals surface area contributed by atoms with Crippen LogP contribution in [0, 0.1) is 0 Å². The van der Waals surface area contributed by atoms with Gasteiger partial charge in [-0.3, -0.25) is 4.79 Å². The fraction of sp³-hybridized carbons (Fsp3) is 0.692. The van der Waals surface area contributed by atoms with Crippen LogP contribution in [-0.4, -0.2) is 69.5 Å². The summed E-state index contributed by atoms with van der Waals surface area (Å²) in [4.78, 5) is 34.2. The van der Waals surface area contributed by atoms with Gasteiger partial charge >= 0.3 is 6.09 Å². The van der Waals surface area contributed by atoms with E-state index in [9.17, 15) is 9.59 Å². The maximum Gasteiger partial charge on any atom is 0.410 e. The van der Waals surface area contributed by atoms with Crippen LogP contribution < -0.4 is 10.2 Å². The van der Waals surface area contributed by atoms with Gasteiger partial charge in [-0.05, 0) is 58.6 Å². The van der Waals surface area contributed by atoms with Crippen molar-refractivity contribution in [2.24, 2.45) is 7.05 Å². The summed E-state index contributed by atoms with van der Waals surface area (Å²) in [7, 11) is 1.83. The van der Waals surface area contributed by atoms with E-state index >= 15 is 0 Å². The number of nitrogens with one attached hydrogen (secondary N) is 1. The van der Waals surface area contributed by atoms with Crippen LogP contribution in [0.25, 0.3) is 11.0 Å². The minimum absolute atomic E-state index is 0.00225. The third-order valence-corrected chi connectivity index (χ3v) is 6.30. The van der Waals surface area contributed by atoms with Crippen molar-refractivity contribution in [3.63, 3.8) is 0 Å². The number of carbonyl (C=O) groups excluding carboxylic acids is 2. The molecule has 0 aromatic carbocycles. The number of ether oxygens (including phenoxy) is 1. The number of aryl methyl sites for hydroxylation is 1. The average Bonchev–Trinajstić information content (AvgIpc) is 2.99. The predicted octanol–water partition coefficient (Wildman–Crippen LogP) is 4.50. The van der Waals surface area contributed by atoms with Crippen molar-refractivity contribution in [3.05, 3.63) is 17.8 Å². The topological polar surface area (TPSA) is 92.6 Å². The highest BCUT2D eigenvalue weighted by Crippen LogP contribution is 2.24. The summed E-state index contributed by atoms with van der Waals surface area (Å²) in [5.74, 6) is 0.759. The summed E-state index contributed by atoms with van der Waals surface area (Å²) >= 11 is 0. The van der Waals surface area contributed by atoms with E-state index in [2.05, 4.69) is 15.3 Å². The predicted molar refractivity (Wildman–Crippen MR) is 139 cm³/mol. The molecule has 2 amide bonds. The lowest BCUT2D eigenvalue weighted by Gasteiger charge is -2.33. The van der Waals surface area contributed by atoms with Gasteiger partial charge in [0.1, 0.15) is 11.4 Å². The SMILES string of the molecule is CC.Cn1nc(C(=O)NC2CCN(C(=O)OC(C)(C)C)CC2)c2ccc(N3CCCCCC3)nc21. The molecule has 9 nitrogen and oxygen atoms in total. The van der Waals surface area contributed by atoms with Gasteiger partial charge in [0.25, 0.3) is 5.91 Å². The van der Waals surface area contributed by atoms with Crippen molar-refractivity contribution >= 4 is 28.9 Å². The van der Waals surface area contributed by atoms with E-state index in [1.165, 1.54) is 25.7 Å². The first-order valence-corrected chi connectivity index (χ1v) is 13.1. The van der Waals surface area contributed by atoms with Gasteiger partial charge in [0.15, 0.2) is 11.3 Å². The highest BCUT2D eigenvalue weighted by atomic mass is 16.6. The summed E-state index contributed by atoms with van der Waals surface area (Å²) in [6, 6.07) is 3.97. The van der Waals surface area contributed by atoms with Crippen LogP contribution >= 0.6 is 0 Å². The Morgan fingerprint density at radius 3 is 2.23 bits per heavy atom. The highest BCUT2D eigenvalue weighted by molar-refractivity contribution is 6.04. The molecule has 4 rings (SSSR count). The summed E-state index contributed by atoms with van der Waals surface area (Å²) in [6.45, 7) is 12.7. The molecule has 35 heavy (non-hydrogen) atoms. The molecule has 0 atom stereocenters. The lowest BCUT2D eigenvalue weighted by atomic mass is 10.0. The molecule has 1 N–H and O–H groups in total. The van der Waals surface area contributed by atoms with E-state index in [1.807, 2.05) is 53.8 Å². The first-order valence-electron chi connectivity index (χ1n) is 13.1. The summed E-state index contributed by atoms with van der Waals surface area (Å²) in [6.07, 6.45) is 5.99. The smallest absolute Gasteiger partial charge is 0.410 e. The Labute approximate surface area is 209 Å². The first-order chi connectivity index (χ1) is 16.7. The number of piperidine rings is 1. The molecule has 2 saturated heterocycles. The Hall–Kier alpha value is -2.84. The fourth-order valence-electron chi connectivity index (χ4n) is 4.55. The molecule has 0 aliphatic carbocycles. The molecule has 9 heteroatoms. The molecule has 0 bridgehead atoms. The minimum atomic E-state index is -0.511. The number of pyridine rings is 1. The number of fused-ring (bicyclic) bond motifs is 1. The first kappa shape index (κ1) is 26.8. The Morgan fingerprint density at radius 2 is 1.63 bits per heavy atom. The van der Waals surface area contributed by atoms with Crippen LogP contribution in [-0.2, 0) is 11.8 Å². The van der Waals surface area contributed by atoms with E-state index in [0.29, 0.717) is 31.6 Å².